The number of anilines is 1. The smallest absolute Gasteiger partial charge is 0.271 e. The number of phenols is 1. The lowest BCUT2D eigenvalue weighted by Crippen LogP contribution is -2.19. The third-order valence-electron chi connectivity index (χ3n) is 4.26. The Bertz CT molecular complexity index is 816. The van der Waals surface area contributed by atoms with Gasteiger partial charge in [0.15, 0.2) is 11.5 Å². The number of amides is 1. The second kappa shape index (κ2) is 8.10. The summed E-state index contributed by atoms with van der Waals surface area (Å²) in [7, 11) is 1.43. The summed E-state index contributed by atoms with van der Waals surface area (Å²) >= 11 is 5.96. The van der Waals surface area contributed by atoms with E-state index in [0.29, 0.717) is 16.1 Å². The first kappa shape index (κ1) is 18.1. The van der Waals surface area contributed by atoms with E-state index in [4.69, 9.17) is 16.3 Å². The van der Waals surface area contributed by atoms with Gasteiger partial charge < -0.3 is 14.7 Å². The highest BCUT2D eigenvalue weighted by molar-refractivity contribution is 6.31. The normalized spacial score (nSPS) is 14.0. The SMILES string of the molecule is COc1cc(Cl)cc(/C=N\NC(=O)c2ccc(N3CCCC3)cc2)c1O. The van der Waals surface area contributed by atoms with Gasteiger partial charge in [-0.05, 0) is 43.2 Å². The third-order valence-corrected chi connectivity index (χ3v) is 4.48. The predicted octanol–water partition coefficient (Wildman–Crippen LogP) is 3.42. The van der Waals surface area contributed by atoms with Gasteiger partial charge in [-0.3, -0.25) is 4.79 Å². The van der Waals surface area contributed by atoms with Crippen molar-refractivity contribution < 1.29 is 14.6 Å². The number of halogens is 1. The number of hydrogen-bond donors (Lipinski definition) is 2. The van der Waals surface area contributed by atoms with Gasteiger partial charge in [-0.2, -0.15) is 5.10 Å². The summed E-state index contributed by atoms with van der Waals surface area (Å²) in [6.45, 7) is 2.12. The lowest BCUT2D eigenvalue weighted by Gasteiger charge is -2.17. The number of methoxy groups -OCH3 is 1. The number of hydrazone groups is 1. The van der Waals surface area contributed by atoms with Crippen LogP contribution in [0.15, 0.2) is 41.5 Å². The molecule has 0 aliphatic carbocycles. The second-order valence-corrected chi connectivity index (χ2v) is 6.42. The minimum absolute atomic E-state index is 0.0927. The van der Waals surface area contributed by atoms with Crippen LogP contribution in [0.3, 0.4) is 0 Å². The number of benzene rings is 2. The maximum atomic E-state index is 12.2. The van der Waals surface area contributed by atoms with Crippen LogP contribution in [-0.4, -0.2) is 37.4 Å². The van der Waals surface area contributed by atoms with E-state index in [2.05, 4.69) is 15.4 Å². The fraction of sp³-hybridized carbons (Fsp3) is 0.263. The fourth-order valence-electron chi connectivity index (χ4n) is 2.87. The minimum Gasteiger partial charge on any atom is -0.504 e. The van der Waals surface area contributed by atoms with E-state index in [-0.39, 0.29) is 17.4 Å². The van der Waals surface area contributed by atoms with Crippen LogP contribution < -0.4 is 15.1 Å². The molecule has 3 rings (SSSR count). The predicted molar refractivity (Wildman–Crippen MR) is 103 cm³/mol. The Labute approximate surface area is 157 Å². The molecule has 2 aromatic rings. The highest BCUT2D eigenvalue weighted by atomic mass is 35.5. The van der Waals surface area contributed by atoms with Crippen molar-refractivity contribution in [1.82, 2.24) is 5.43 Å². The second-order valence-electron chi connectivity index (χ2n) is 5.99. The quantitative estimate of drug-likeness (QED) is 0.622. The van der Waals surface area contributed by atoms with Crippen LogP contribution in [0.4, 0.5) is 5.69 Å². The van der Waals surface area contributed by atoms with E-state index >= 15 is 0 Å². The number of ether oxygens (including phenoxy) is 1. The average Bonchev–Trinajstić information content (AvgIpc) is 3.19. The van der Waals surface area contributed by atoms with Crippen molar-refractivity contribution in [1.29, 1.82) is 0 Å². The van der Waals surface area contributed by atoms with E-state index in [1.807, 2.05) is 12.1 Å². The summed E-state index contributed by atoms with van der Waals surface area (Å²) in [4.78, 5) is 14.5. The lowest BCUT2D eigenvalue weighted by atomic mass is 10.2. The van der Waals surface area contributed by atoms with Crippen LogP contribution in [0, 0.1) is 0 Å². The molecule has 0 spiro atoms. The van der Waals surface area contributed by atoms with Crippen molar-refractivity contribution in [3.05, 3.63) is 52.5 Å². The summed E-state index contributed by atoms with van der Waals surface area (Å²) in [5, 5.41) is 14.3. The van der Waals surface area contributed by atoms with E-state index in [9.17, 15) is 9.90 Å². The first-order valence-electron chi connectivity index (χ1n) is 8.33. The van der Waals surface area contributed by atoms with E-state index in [1.54, 1.807) is 12.1 Å². The molecule has 0 unspecified atom stereocenters. The van der Waals surface area contributed by atoms with Crippen molar-refractivity contribution in [3.8, 4) is 11.5 Å². The summed E-state index contributed by atoms with van der Waals surface area (Å²) < 4.78 is 5.03. The standard InChI is InChI=1S/C19H20ClN3O3/c1-26-17-11-15(20)10-14(18(17)24)12-21-22-19(25)13-4-6-16(7-5-13)23-8-2-3-9-23/h4-7,10-12,24H,2-3,8-9H2,1H3,(H,22,25)/b21-12-. The molecule has 1 aliphatic rings. The van der Waals surface area contributed by atoms with Gasteiger partial charge in [0.25, 0.3) is 5.91 Å². The van der Waals surface area contributed by atoms with Crippen LogP contribution in [-0.2, 0) is 0 Å². The van der Waals surface area contributed by atoms with E-state index < -0.39 is 0 Å². The molecule has 1 heterocycles. The average molecular weight is 374 g/mol. The number of carbonyl (C=O) groups excluding carboxylic acids is 1. The summed E-state index contributed by atoms with van der Waals surface area (Å²) in [6, 6.07) is 10.5. The van der Waals surface area contributed by atoms with Gasteiger partial charge in [-0.1, -0.05) is 11.6 Å². The van der Waals surface area contributed by atoms with Crippen molar-refractivity contribution in [2.24, 2.45) is 5.10 Å². The lowest BCUT2D eigenvalue weighted by molar-refractivity contribution is 0.0955. The summed E-state index contributed by atoms with van der Waals surface area (Å²) in [5.41, 5.74) is 4.42. The number of nitrogens with one attached hydrogen (secondary N) is 1. The first-order valence-corrected chi connectivity index (χ1v) is 8.71. The van der Waals surface area contributed by atoms with Gasteiger partial charge in [-0.15, -0.1) is 0 Å². The van der Waals surface area contributed by atoms with Crippen LogP contribution in [0.1, 0.15) is 28.8 Å². The maximum absolute atomic E-state index is 12.2. The van der Waals surface area contributed by atoms with Crippen molar-refractivity contribution in [2.75, 3.05) is 25.1 Å². The summed E-state index contributed by atoms with van der Waals surface area (Å²) in [5.74, 6) is -0.185. The number of carbonyl (C=O) groups is 1. The van der Waals surface area contributed by atoms with Gasteiger partial charge >= 0.3 is 0 Å². The number of nitrogens with zero attached hydrogens (tertiary/aromatic N) is 2. The zero-order valence-corrected chi connectivity index (χ0v) is 15.2. The Kier molecular flexibility index (Phi) is 5.63. The molecule has 1 fully saturated rings. The highest BCUT2D eigenvalue weighted by Gasteiger charge is 2.13. The van der Waals surface area contributed by atoms with Crippen LogP contribution in [0.5, 0.6) is 11.5 Å². The van der Waals surface area contributed by atoms with Gasteiger partial charge in [-0.25, -0.2) is 5.43 Å². The number of phenolic OH excluding ortho intramolecular Hbond substituents is 1. The molecule has 1 aliphatic heterocycles. The fourth-order valence-corrected chi connectivity index (χ4v) is 3.09. The molecular weight excluding hydrogens is 354 g/mol. The molecule has 0 atom stereocenters. The highest BCUT2D eigenvalue weighted by Crippen LogP contribution is 2.32. The molecule has 6 nitrogen and oxygen atoms in total. The van der Waals surface area contributed by atoms with Gasteiger partial charge in [0, 0.05) is 41.0 Å². The molecule has 1 amide bonds. The van der Waals surface area contributed by atoms with Crippen molar-refractivity contribution >= 4 is 29.4 Å². The molecule has 2 aromatic carbocycles. The molecule has 0 saturated carbocycles. The molecule has 0 aromatic heterocycles. The Morgan fingerprint density at radius 1 is 1.27 bits per heavy atom. The Balaban J connectivity index is 1.65. The van der Waals surface area contributed by atoms with Crippen LogP contribution >= 0.6 is 11.6 Å². The molecular formula is C19H20ClN3O3. The molecule has 1 saturated heterocycles. The molecule has 26 heavy (non-hydrogen) atoms. The maximum Gasteiger partial charge on any atom is 0.271 e. The van der Waals surface area contributed by atoms with Gasteiger partial charge in [0.05, 0.1) is 13.3 Å². The van der Waals surface area contributed by atoms with E-state index in [0.717, 1.165) is 18.8 Å². The molecule has 7 heteroatoms. The monoisotopic (exact) mass is 373 g/mol. The third kappa shape index (κ3) is 4.08. The zero-order chi connectivity index (χ0) is 18.5. The Morgan fingerprint density at radius 2 is 1.96 bits per heavy atom. The Morgan fingerprint density at radius 3 is 2.62 bits per heavy atom. The Hall–Kier alpha value is -2.73. The number of hydrogen-bond acceptors (Lipinski definition) is 5. The van der Waals surface area contributed by atoms with Crippen molar-refractivity contribution in [2.45, 2.75) is 12.8 Å². The van der Waals surface area contributed by atoms with Gasteiger partial charge in [0.1, 0.15) is 0 Å². The number of rotatable bonds is 5. The largest absolute Gasteiger partial charge is 0.504 e. The minimum atomic E-state index is -0.331. The molecule has 0 bridgehead atoms. The van der Waals surface area contributed by atoms with Gasteiger partial charge in [0.2, 0.25) is 0 Å². The molecule has 0 radical (unpaired) electrons. The summed E-state index contributed by atoms with van der Waals surface area (Å²) in [6.07, 6.45) is 3.73. The zero-order valence-electron chi connectivity index (χ0n) is 14.4. The molecule has 136 valence electrons. The topological polar surface area (TPSA) is 74.2 Å². The first-order chi connectivity index (χ1) is 12.6. The van der Waals surface area contributed by atoms with Crippen LogP contribution in [0.2, 0.25) is 5.02 Å². The van der Waals surface area contributed by atoms with E-state index in [1.165, 1.54) is 38.3 Å². The molecule has 2 N–H and O–H groups in total. The van der Waals surface area contributed by atoms with Crippen LogP contribution in [0.25, 0.3) is 0 Å². The number of aromatic hydroxyl groups is 1. The van der Waals surface area contributed by atoms with Crippen molar-refractivity contribution in [3.63, 3.8) is 0 Å².